The van der Waals surface area contributed by atoms with Crippen LogP contribution in [-0.2, 0) is 4.79 Å². The molecule has 1 aromatic carbocycles. The van der Waals surface area contributed by atoms with Crippen molar-refractivity contribution in [1.82, 2.24) is 15.2 Å². The lowest BCUT2D eigenvalue weighted by atomic mass is 10.2. The second-order valence-corrected chi connectivity index (χ2v) is 4.36. The van der Waals surface area contributed by atoms with E-state index < -0.39 is 5.91 Å². The number of hydrogen-bond acceptors (Lipinski definition) is 6. The zero-order chi connectivity index (χ0) is 15.9. The summed E-state index contributed by atoms with van der Waals surface area (Å²) < 4.78 is 5.02. The molecule has 1 aromatic heterocycles. The second-order valence-electron chi connectivity index (χ2n) is 3.95. The highest BCUT2D eigenvalue weighted by atomic mass is 35.5. The number of methoxy groups -OCH3 is 1. The zero-order valence-corrected chi connectivity index (χ0v) is 12.2. The summed E-state index contributed by atoms with van der Waals surface area (Å²) in [5.74, 6) is 0.214. The maximum Gasteiger partial charge on any atom is 0.267 e. The topological polar surface area (TPSA) is 116 Å². The van der Waals surface area contributed by atoms with Crippen LogP contribution in [0.3, 0.4) is 0 Å². The van der Waals surface area contributed by atoms with Crippen molar-refractivity contribution >= 4 is 29.1 Å². The van der Waals surface area contributed by atoms with Gasteiger partial charge in [-0.05, 0) is 18.2 Å². The van der Waals surface area contributed by atoms with Crippen molar-refractivity contribution in [1.29, 1.82) is 5.26 Å². The Kier molecular flexibility index (Phi) is 4.95. The number of nitrogens with one attached hydrogen (secondary N) is 3. The Hall–Kier alpha value is -3.05. The van der Waals surface area contributed by atoms with E-state index in [1.165, 1.54) is 25.7 Å². The third-order valence-electron chi connectivity index (χ3n) is 2.54. The van der Waals surface area contributed by atoms with Crippen LogP contribution in [0.1, 0.15) is 0 Å². The Morgan fingerprint density at radius 3 is 2.95 bits per heavy atom. The van der Waals surface area contributed by atoms with Crippen molar-refractivity contribution in [3.63, 3.8) is 0 Å². The van der Waals surface area contributed by atoms with Gasteiger partial charge in [0, 0.05) is 11.9 Å². The van der Waals surface area contributed by atoms with E-state index in [0.29, 0.717) is 22.4 Å². The van der Waals surface area contributed by atoms with E-state index in [1.807, 2.05) is 0 Å². The average Bonchev–Trinajstić information content (AvgIpc) is 3.01. The van der Waals surface area contributed by atoms with Crippen LogP contribution in [0.2, 0.25) is 5.02 Å². The third-order valence-corrected chi connectivity index (χ3v) is 2.84. The fraction of sp³-hybridized carbons (Fsp3) is 0.0769. The molecule has 0 aliphatic heterocycles. The van der Waals surface area contributed by atoms with Crippen LogP contribution in [0.15, 0.2) is 36.3 Å². The van der Waals surface area contributed by atoms with E-state index in [4.69, 9.17) is 21.6 Å². The SMILES string of the molecule is COc1ccc(NC(=O)/C(C#N)=C\Nc2ncn[nH]2)cc1Cl. The Bertz CT molecular complexity index is 735. The minimum Gasteiger partial charge on any atom is -0.495 e. The molecule has 0 fully saturated rings. The molecular weight excluding hydrogens is 308 g/mol. The number of carbonyl (C=O) groups excluding carboxylic acids is 1. The quantitative estimate of drug-likeness (QED) is 0.573. The van der Waals surface area contributed by atoms with E-state index in [2.05, 4.69) is 25.8 Å². The van der Waals surface area contributed by atoms with Gasteiger partial charge in [0.1, 0.15) is 23.7 Å². The third kappa shape index (κ3) is 3.74. The molecule has 2 rings (SSSR count). The van der Waals surface area contributed by atoms with Crippen molar-refractivity contribution < 1.29 is 9.53 Å². The molecule has 2 aromatic rings. The van der Waals surface area contributed by atoms with E-state index >= 15 is 0 Å². The van der Waals surface area contributed by atoms with Gasteiger partial charge in [-0.3, -0.25) is 4.79 Å². The average molecular weight is 319 g/mol. The molecule has 0 saturated carbocycles. The summed E-state index contributed by atoms with van der Waals surface area (Å²) in [5.41, 5.74) is 0.306. The number of halogens is 1. The first-order valence-corrected chi connectivity index (χ1v) is 6.39. The van der Waals surface area contributed by atoms with Gasteiger partial charge in [0.15, 0.2) is 0 Å². The highest BCUT2D eigenvalue weighted by molar-refractivity contribution is 6.32. The van der Waals surface area contributed by atoms with E-state index in [-0.39, 0.29) is 5.57 Å². The van der Waals surface area contributed by atoms with Crippen molar-refractivity contribution in [2.45, 2.75) is 0 Å². The number of aromatic amines is 1. The minimum atomic E-state index is -0.587. The molecular formula is C13H11ClN6O2. The number of ether oxygens (including phenoxy) is 1. The molecule has 8 nitrogen and oxygen atoms in total. The van der Waals surface area contributed by atoms with Crippen LogP contribution >= 0.6 is 11.6 Å². The van der Waals surface area contributed by atoms with Crippen LogP contribution in [0.5, 0.6) is 5.75 Å². The predicted octanol–water partition coefficient (Wildman–Crippen LogP) is 1.92. The summed E-state index contributed by atoms with van der Waals surface area (Å²) in [4.78, 5) is 15.8. The van der Waals surface area contributed by atoms with Crippen LogP contribution in [0.25, 0.3) is 0 Å². The fourth-order valence-corrected chi connectivity index (χ4v) is 1.76. The maximum atomic E-state index is 12.0. The lowest BCUT2D eigenvalue weighted by Crippen LogP contribution is -2.14. The molecule has 0 atom stereocenters. The monoisotopic (exact) mass is 318 g/mol. The second kappa shape index (κ2) is 7.10. The maximum absolute atomic E-state index is 12.0. The number of anilines is 2. The summed E-state index contributed by atoms with van der Waals surface area (Å²) in [5, 5.41) is 20.8. The summed E-state index contributed by atoms with van der Waals surface area (Å²) >= 11 is 5.97. The highest BCUT2D eigenvalue weighted by Crippen LogP contribution is 2.27. The number of H-pyrrole nitrogens is 1. The molecule has 0 bridgehead atoms. The summed E-state index contributed by atoms with van der Waals surface area (Å²) in [7, 11) is 1.49. The molecule has 1 heterocycles. The number of amides is 1. The molecule has 9 heteroatoms. The van der Waals surface area contributed by atoms with Crippen LogP contribution in [-0.4, -0.2) is 28.2 Å². The highest BCUT2D eigenvalue weighted by Gasteiger charge is 2.11. The van der Waals surface area contributed by atoms with Crippen molar-refractivity contribution in [3.8, 4) is 11.8 Å². The lowest BCUT2D eigenvalue weighted by Gasteiger charge is -2.07. The molecule has 0 spiro atoms. The molecule has 0 radical (unpaired) electrons. The number of carbonyl (C=O) groups is 1. The van der Waals surface area contributed by atoms with Gasteiger partial charge in [-0.25, -0.2) is 5.10 Å². The number of nitrogens with zero attached hydrogens (tertiary/aromatic N) is 3. The Balaban J connectivity index is 2.08. The van der Waals surface area contributed by atoms with Crippen LogP contribution in [0.4, 0.5) is 11.6 Å². The van der Waals surface area contributed by atoms with Crippen LogP contribution in [0, 0.1) is 11.3 Å². The van der Waals surface area contributed by atoms with Gasteiger partial charge in [0.2, 0.25) is 5.95 Å². The van der Waals surface area contributed by atoms with Crippen LogP contribution < -0.4 is 15.4 Å². The van der Waals surface area contributed by atoms with Gasteiger partial charge in [-0.2, -0.15) is 15.3 Å². The van der Waals surface area contributed by atoms with E-state index in [1.54, 1.807) is 18.2 Å². The first kappa shape index (κ1) is 15.3. The smallest absolute Gasteiger partial charge is 0.267 e. The van der Waals surface area contributed by atoms with Crippen molar-refractivity contribution in [2.75, 3.05) is 17.7 Å². The molecule has 3 N–H and O–H groups in total. The van der Waals surface area contributed by atoms with Gasteiger partial charge in [-0.15, -0.1) is 0 Å². The fourth-order valence-electron chi connectivity index (χ4n) is 1.51. The van der Waals surface area contributed by atoms with Gasteiger partial charge in [-0.1, -0.05) is 11.6 Å². The first-order chi connectivity index (χ1) is 10.6. The van der Waals surface area contributed by atoms with Gasteiger partial charge in [0.25, 0.3) is 5.91 Å². The lowest BCUT2D eigenvalue weighted by molar-refractivity contribution is -0.112. The summed E-state index contributed by atoms with van der Waals surface area (Å²) in [6.45, 7) is 0. The number of nitriles is 1. The number of rotatable bonds is 5. The normalized spacial score (nSPS) is 10.7. The van der Waals surface area contributed by atoms with Gasteiger partial charge < -0.3 is 15.4 Å². The standard InChI is InChI=1S/C13H11ClN6O2/c1-22-11-3-2-9(4-10(11)14)19-12(21)8(5-15)6-16-13-17-7-18-20-13/h2-4,6-7H,1H3,(H,19,21)(H2,16,17,18,20)/b8-6-. The zero-order valence-electron chi connectivity index (χ0n) is 11.4. The van der Waals surface area contributed by atoms with Gasteiger partial charge >= 0.3 is 0 Å². The Morgan fingerprint density at radius 1 is 1.55 bits per heavy atom. The molecule has 0 saturated heterocycles. The van der Waals surface area contributed by atoms with E-state index in [0.717, 1.165) is 0 Å². The predicted molar refractivity (Wildman–Crippen MR) is 80.3 cm³/mol. The van der Waals surface area contributed by atoms with Crippen molar-refractivity contribution in [2.24, 2.45) is 0 Å². The number of benzene rings is 1. The number of aromatic nitrogens is 3. The van der Waals surface area contributed by atoms with Crippen molar-refractivity contribution in [3.05, 3.63) is 41.3 Å². The summed E-state index contributed by atoms with van der Waals surface area (Å²) in [6.07, 6.45) is 2.52. The molecule has 112 valence electrons. The molecule has 22 heavy (non-hydrogen) atoms. The molecule has 1 amide bonds. The Morgan fingerprint density at radius 2 is 2.36 bits per heavy atom. The first-order valence-electron chi connectivity index (χ1n) is 6.01. The Labute approximate surface area is 130 Å². The van der Waals surface area contributed by atoms with E-state index in [9.17, 15) is 4.79 Å². The van der Waals surface area contributed by atoms with Gasteiger partial charge in [0.05, 0.1) is 12.1 Å². The summed E-state index contributed by atoms with van der Waals surface area (Å²) in [6, 6.07) is 6.54. The largest absolute Gasteiger partial charge is 0.495 e. The minimum absolute atomic E-state index is 0.136. The molecule has 0 unspecified atom stereocenters. The number of hydrogen-bond donors (Lipinski definition) is 3. The molecule has 0 aliphatic rings. The molecule has 0 aliphatic carbocycles.